The van der Waals surface area contributed by atoms with Crippen molar-refractivity contribution in [2.45, 2.75) is 36.6 Å². The average Bonchev–Trinajstić information content (AvgIpc) is 3.06. The van der Waals surface area contributed by atoms with Gasteiger partial charge in [-0.1, -0.05) is 6.42 Å². The Hall–Kier alpha value is -1.64. The molecule has 26 heavy (non-hydrogen) atoms. The summed E-state index contributed by atoms with van der Waals surface area (Å²) in [5.41, 5.74) is 6.05. The Morgan fingerprint density at radius 1 is 1.15 bits per heavy atom. The molecule has 0 spiro atoms. The lowest BCUT2D eigenvalue weighted by molar-refractivity contribution is -0.133. The van der Waals surface area contributed by atoms with E-state index < -0.39 is 10.0 Å². The first-order chi connectivity index (χ1) is 12.4. The Balaban J connectivity index is 1.57. The fourth-order valence-electron chi connectivity index (χ4n) is 3.75. The Kier molecular flexibility index (Phi) is 5.84. The molecule has 1 heterocycles. The van der Waals surface area contributed by atoms with Crippen molar-refractivity contribution >= 4 is 15.9 Å². The van der Waals surface area contributed by atoms with E-state index in [-0.39, 0.29) is 22.8 Å². The molecule has 1 saturated heterocycles. The molecule has 1 aromatic rings. The van der Waals surface area contributed by atoms with Crippen molar-refractivity contribution in [2.24, 2.45) is 11.7 Å². The second kappa shape index (κ2) is 7.94. The lowest BCUT2D eigenvalue weighted by Crippen LogP contribution is -2.51. The molecule has 0 bridgehead atoms. The van der Waals surface area contributed by atoms with Crippen LogP contribution in [0, 0.1) is 5.92 Å². The van der Waals surface area contributed by atoms with Gasteiger partial charge in [0.1, 0.15) is 5.75 Å². The van der Waals surface area contributed by atoms with E-state index in [0.717, 1.165) is 19.3 Å². The van der Waals surface area contributed by atoms with E-state index in [1.807, 2.05) is 0 Å². The normalized spacial score (nSPS) is 24.6. The molecule has 2 aliphatic rings. The fourth-order valence-corrected chi connectivity index (χ4v) is 5.17. The first-order valence-corrected chi connectivity index (χ1v) is 10.5. The fraction of sp³-hybridized carbons (Fsp3) is 0.611. The quantitative estimate of drug-likeness (QED) is 0.823. The number of nitrogens with two attached hydrogens (primary N) is 1. The summed E-state index contributed by atoms with van der Waals surface area (Å²) >= 11 is 0. The predicted molar refractivity (Wildman–Crippen MR) is 98.3 cm³/mol. The van der Waals surface area contributed by atoms with Crippen LogP contribution in [0.4, 0.5) is 0 Å². The SMILES string of the molecule is COc1ccc(S(=O)(=O)N2CCN(C(=O)C[C@@H]3CCC[C@H]3N)CC2)cc1. The Bertz CT molecular complexity index is 727. The van der Waals surface area contributed by atoms with Crippen LogP contribution in [0.25, 0.3) is 0 Å². The molecular weight excluding hydrogens is 354 g/mol. The molecule has 1 saturated carbocycles. The van der Waals surface area contributed by atoms with Crippen LogP contribution in [0.2, 0.25) is 0 Å². The van der Waals surface area contributed by atoms with E-state index >= 15 is 0 Å². The summed E-state index contributed by atoms with van der Waals surface area (Å²) in [4.78, 5) is 14.5. The van der Waals surface area contributed by atoms with E-state index in [4.69, 9.17) is 10.5 Å². The molecule has 0 radical (unpaired) electrons. The van der Waals surface area contributed by atoms with Gasteiger partial charge < -0.3 is 15.4 Å². The van der Waals surface area contributed by atoms with Gasteiger partial charge in [0.15, 0.2) is 0 Å². The Morgan fingerprint density at radius 3 is 2.35 bits per heavy atom. The molecule has 2 atom stereocenters. The van der Waals surface area contributed by atoms with Crippen molar-refractivity contribution in [3.05, 3.63) is 24.3 Å². The minimum Gasteiger partial charge on any atom is -0.497 e. The third-order valence-electron chi connectivity index (χ3n) is 5.44. The maximum absolute atomic E-state index is 12.8. The summed E-state index contributed by atoms with van der Waals surface area (Å²) in [6, 6.07) is 6.49. The zero-order valence-corrected chi connectivity index (χ0v) is 16.0. The minimum absolute atomic E-state index is 0.0915. The van der Waals surface area contributed by atoms with Gasteiger partial charge in [-0.05, 0) is 43.0 Å². The molecule has 0 unspecified atom stereocenters. The number of hydrogen-bond donors (Lipinski definition) is 1. The van der Waals surface area contributed by atoms with Gasteiger partial charge in [0.25, 0.3) is 0 Å². The van der Waals surface area contributed by atoms with Crippen molar-refractivity contribution in [3.8, 4) is 5.75 Å². The van der Waals surface area contributed by atoms with Crippen molar-refractivity contribution in [2.75, 3.05) is 33.3 Å². The number of amides is 1. The van der Waals surface area contributed by atoms with Crippen LogP contribution in [0.15, 0.2) is 29.2 Å². The number of nitrogens with zero attached hydrogens (tertiary/aromatic N) is 2. The molecule has 8 heteroatoms. The third kappa shape index (κ3) is 4.02. The van der Waals surface area contributed by atoms with Crippen molar-refractivity contribution in [3.63, 3.8) is 0 Å². The van der Waals surface area contributed by atoms with E-state index in [2.05, 4.69) is 0 Å². The monoisotopic (exact) mass is 381 g/mol. The summed E-state index contributed by atoms with van der Waals surface area (Å²) in [5, 5.41) is 0. The summed E-state index contributed by atoms with van der Waals surface area (Å²) < 4.78 is 32.0. The van der Waals surface area contributed by atoms with Gasteiger partial charge >= 0.3 is 0 Å². The van der Waals surface area contributed by atoms with Crippen LogP contribution in [0.1, 0.15) is 25.7 Å². The van der Waals surface area contributed by atoms with E-state index in [0.29, 0.717) is 38.3 Å². The Labute approximate surface area is 155 Å². The molecule has 144 valence electrons. The molecule has 1 amide bonds. The van der Waals surface area contributed by atoms with Crippen LogP contribution in [-0.4, -0.2) is 62.9 Å². The van der Waals surface area contributed by atoms with Crippen molar-refractivity contribution < 1.29 is 17.9 Å². The average molecular weight is 381 g/mol. The largest absolute Gasteiger partial charge is 0.497 e. The number of benzene rings is 1. The zero-order chi connectivity index (χ0) is 18.7. The topological polar surface area (TPSA) is 92.9 Å². The van der Waals surface area contributed by atoms with E-state index in [1.165, 1.54) is 11.4 Å². The molecular formula is C18H27N3O4S. The number of ether oxygens (including phenoxy) is 1. The number of rotatable bonds is 5. The number of piperazine rings is 1. The number of sulfonamides is 1. The minimum atomic E-state index is -3.55. The number of carbonyl (C=O) groups is 1. The standard InChI is InChI=1S/C18H27N3O4S/c1-25-15-5-7-16(8-6-15)26(23,24)21-11-9-20(10-12-21)18(22)13-14-3-2-4-17(14)19/h5-8,14,17H,2-4,9-13,19H2,1H3/t14-,17+/m0/s1. The van der Waals surface area contributed by atoms with Gasteiger partial charge in [-0.3, -0.25) is 4.79 Å². The van der Waals surface area contributed by atoms with Crippen LogP contribution >= 0.6 is 0 Å². The lowest BCUT2D eigenvalue weighted by atomic mass is 9.99. The molecule has 2 N–H and O–H groups in total. The number of methoxy groups -OCH3 is 1. The zero-order valence-electron chi connectivity index (χ0n) is 15.1. The summed E-state index contributed by atoms with van der Waals surface area (Å²) in [7, 11) is -2.01. The maximum atomic E-state index is 12.8. The highest BCUT2D eigenvalue weighted by Crippen LogP contribution is 2.28. The highest BCUT2D eigenvalue weighted by atomic mass is 32.2. The van der Waals surface area contributed by atoms with Gasteiger partial charge in [0, 0.05) is 38.6 Å². The molecule has 1 aromatic carbocycles. The van der Waals surface area contributed by atoms with Gasteiger partial charge in [0.2, 0.25) is 15.9 Å². The molecule has 0 aromatic heterocycles. The highest BCUT2D eigenvalue weighted by Gasteiger charge is 2.32. The lowest BCUT2D eigenvalue weighted by Gasteiger charge is -2.34. The van der Waals surface area contributed by atoms with Crippen LogP contribution in [0.3, 0.4) is 0 Å². The van der Waals surface area contributed by atoms with Crippen LogP contribution in [-0.2, 0) is 14.8 Å². The highest BCUT2D eigenvalue weighted by molar-refractivity contribution is 7.89. The molecule has 1 aliphatic carbocycles. The second-order valence-corrected chi connectivity index (χ2v) is 8.96. The summed E-state index contributed by atoms with van der Waals surface area (Å²) in [5.74, 6) is 0.974. The van der Waals surface area contributed by atoms with Crippen molar-refractivity contribution in [1.82, 2.24) is 9.21 Å². The van der Waals surface area contributed by atoms with Gasteiger partial charge in [-0.25, -0.2) is 8.42 Å². The molecule has 7 nitrogen and oxygen atoms in total. The third-order valence-corrected chi connectivity index (χ3v) is 7.36. The number of carbonyl (C=O) groups excluding carboxylic acids is 1. The second-order valence-electron chi connectivity index (χ2n) is 7.02. The van der Waals surface area contributed by atoms with E-state index in [1.54, 1.807) is 29.2 Å². The van der Waals surface area contributed by atoms with Gasteiger partial charge in [-0.2, -0.15) is 4.31 Å². The Morgan fingerprint density at radius 2 is 1.81 bits per heavy atom. The smallest absolute Gasteiger partial charge is 0.243 e. The van der Waals surface area contributed by atoms with Crippen LogP contribution < -0.4 is 10.5 Å². The van der Waals surface area contributed by atoms with Crippen LogP contribution in [0.5, 0.6) is 5.75 Å². The predicted octanol–water partition coefficient (Wildman–Crippen LogP) is 1.05. The molecule has 2 fully saturated rings. The molecule has 1 aliphatic heterocycles. The summed E-state index contributed by atoms with van der Waals surface area (Å²) in [6.45, 7) is 1.49. The molecule has 3 rings (SSSR count). The maximum Gasteiger partial charge on any atom is 0.243 e. The van der Waals surface area contributed by atoms with Gasteiger partial charge in [0.05, 0.1) is 12.0 Å². The van der Waals surface area contributed by atoms with Crippen molar-refractivity contribution in [1.29, 1.82) is 0 Å². The first kappa shape index (κ1) is 19.1. The van der Waals surface area contributed by atoms with E-state index in [9.17, 15) is 13.2 Å². The number of hydrogen-bond acceptors (Lipinski definition) is 5. The van der Waals surface area contributed by atoms with Gasteiger partial charge in [-0.15, -0.1) is 0 Å². The summed E-state index contributed by atoms with van der Waals surface area (Å²) in [6.07, 6.45) is 3.57. The first-order valence-electron chi connectivity index (χ1n) is 9.09.